The van der Waals surface area contributed by atoms with Crippen LogP contribution in [0.15, 0.2) is 11.6 Å². The zero-order valence-electron chi connectivity index (χ0n) is 4.65. The summed E-state index contributed by atoms with van der Waals surface area (Å²) in [5.41, 5.74) is 0. The first-order valence-electron chi connectivity index (χ1n) is 2.01. The van der Waals surface area contributed by atoms with Crippen molar-refractivity contribution >= 4 is 44.7 Å². The molecule has 6 nitrogen and oxygen atoms in total. The van der Waals surface area contributed by atoms with Crippen LogP contribution in [-0.2, 0) is 9.13 Å². The van der Waals surface area contributed by atoms with Gasteiger partial charge in [-0.2, -0.15) is 0 Å². The molecule has 0 aliphatic carbocycles. The molecule has 0 aromatic heterocycles. The molecule has 11 heavy (non-hydrogen) atoms. The van der Waals surface area contributed by atoms with Gasteiger partial charge in [0.25, 0.3) is 0 Å². The van der Waals surface area contributed by atoms with Crippen LogP contribution in [0.5, 0.6) is 0 Å². The summed E-state index contributed by atoms with van der Waals surface area (Å²) in [4.78, 5) is 32.2. The maximum absolute atomic E-state index is 9.94. The van der Waals surface area contributed by atoms with Crippen molar-refractivity contribution < 1.29 is 28.7 Å². The standard InChI is InChI=1S/C2H6O6P2.Na.H/c3-9(4,5)1-2-10(6,7)8;;/h1-2H,(H2,3,4,5)(H2,6,7,8);;. The van der Waals surface area contributed by atoms with Gasteiger partial charge >= 0.3 is 44.7 Å². The third-order valence-corrected chi connectivity index (χ3v) is 1.77. The molecule has 0 aliphatic heterocycles. The van der Waals surface area contributed by atoms with Gasteiger partial charge in [0.15, 0.2) is 0 Å². The van der Waals surface area contributed by atoms with Crippen molar-refractivity contribution in [3.8, 4) is 0 Å². The number of rotatable bonds is 2. The fourth-order valence-electron chi connectivity index (χ4n) is 0.174. The van der Waals surface area contributed by atoms with Crippen molar-refractivity contribution in [3.05, 3.63) is 11.6 Å². The molecule has 4 N–H and O–H groups in total. The summed E-state index contributed by atoms with van der Waals surface area (Å²) in [7, 11) is -8.87. The van der Waals surface area contributed by atoms with E-state index in [0.717, 1.165) is 0 Å². The molecule has 0 saturated heterocycles. The van der Waals surface area contributed by atoms with Crippen LogP contribution in [0.2, 0.25) is 0 Å². The first-order valence-corrected chi connectivity index (χ1v) is 5.38. The molecule has 0 unspecified atom stereocenters. The average molecular weight is 212 g/mol. The van der Waals surface area contributed by atoms with E-state index in [2.05, 4.69) is 0 Å². The SMILES string of the molecule is O=P(O)(O)C=CP(=O)(O)O.[NaH]. The Balaban J connectivity index is 0. The molecule has 0 atom stereocenters. The van der Waals surface area contributed by atoms with Crippen molar-refractivity contribution in [2.45, 2.75) is 0 Å². The molecule has 0 aliphatic rings. The van der Waals surface area contributed by atoms with Gasteiger partial charge in [0.1, 0.15) is 0 Å². The van der Waals surface area contributed by atoms with Gasteiger partial charge in [0, 0.05) is 11.6 Å². The Bertz CT molecular complexity index is 199. The van der Waals surface area contributed by atoms with Crippen molar-refractivity contribution in [2.24, 2.45) is 0 Å². The molecule has 0 rings (SSSR count). The van der Waals surface area contributed by atoms with E-state index in [0.29, 0.717) is 0 Å². The van der Waals surface area contributed by atoms with Gasteiger partial charge in [-0.25, -0.2) is 0 Å². The molecule has 0 bridgehead atoms. The van der Waals surface area contributed by atoms with E-state index in [9.17, 15) is 9.13 Å². The van der Waals surface area contributed by atoms with Crippen LogP contribution in [0.3, 0.4) is 0 Å². The summed E-state index contributed by atoms with van der Waals surface area (Å²) in [5.74, 6) is 0.349. The van der Waals surface area contributed by atoms with Crippen molar-refractivity contribution in [1.29, 1.82) is 0 Å². The van der Waals surface area contributed by atoms with E-state index in [1.165, 1.54) is 0 Å². The molecule has 0 fully saturated rings. The van der Waals surface area contributed by atoms with E-state index in [1.807, 2.05) is 0 Å². The molecular weight excluding hydrogens is 205 g/mol. The Labute approximate surface area is 84.9 Å². The normalized spacial score (nSPS) is 13.1. The van der Waals surface area contributed by atoms with E-state index in [-0.39, 0.29) is 41.2 Å². The zero-order chi connectivity index (χ0) is 8.41. The van der Waals surface area contributed by atoms with Crippen LogP contribution < -0.4 is 0 Å². The first-order chi connectivity index (χ1) is 4.21. The van der Waals surface area contributed by atoms with Gasteiger partial charge in [-0.1, -0.05) is 0 Å². The quantitative estimate of drug-likeness (QED) is 0.350. The second-order valence-electron chi connectivity index (χ2n) is 1.48. The third kappa shape index (κ3) is 14.0. The van der Waals surface area contributed by atoms with E-state index in [1.54, 1.807) is 0 Å². The monoisotopic (exact) mass is 212 g/mol. The van der Waals surface area contributed by atoms with Crippen LogP contribution in [0, 0.1) is 0 Å². The molecular formula is C2H7NaO6P2. The topological polar surface area (TPSA) is 115 Å². The van der Waals surface area contributed by atoms with Crippen LogP contribution in [-0.4, -0.2) is 49.1 Å². The van der Waals surface area contributed by atoms with Gasteiger partial charge in [0.05, 0.1) is 0 Å². The Morgan fingerprint density at radius 3 is 1.09 bits per heavy atom. The first kappa shape index (κ1) is 14.6. The molecule has 0 saturated carbocycles. The minimum atomic E-state index is -4.43. The van der Waals surface area contributed by atoms with Crippen LogP contribution >= 0.6 is 15.2 Å². The average Bonchev–Trinajstić information content (AvgIpc) is 1.57. The third-order valence-electron chi connectivity index (χ3n) is 0.455. The van der Waals surface area contributed by atoms with Crippen molar-refractivity contribution in [2.75, 3.05) is 0 Å². The molecule has 0 radical (unpaired) electrons. The van der Waals surface area contributed by atoms with Crippen molar-refractivity contribution in [3.63, 3.8) is 0 Å². The number of hydrogen-bond acceptors (Lipinski definition) is 2. The van der Waals surface area contributed by atoms with E-state index >= 15 is 0 Å². The molecule has 0 heterocycles. The molecule has 0 spiro atoms. The molecule has 0 aromatic carbocycles. The second-order valence-corrected chi connectivity index (χ2v) is 4.43. The Kier molecular flexibility index (Phi) is 6.51. The van der Waals surface area contributed by atoms with E-state index < -0.39 is 15.2 Å². The summed E-state index contributed by atoms with van der Waals surface area (Å²) >= 11 is 0. The zero-order valence-corrected chi connectivity index (χ0v) is 6.44. The second kappa shape index (κ2) is 4.92. The maximum atomic E-state index is 9.94. The predicted molar refractivity (Wildman–Crippen MR) is 40.4 cm³/mol. The Hall–Kier alpha value is 1.04. The van der Waals surface area contributed by atoms with Gasteiger partial charge in [0.2, 0.25) is 0 Å². The Morgan fingerprint density at radius 1 is 0.818 bits per heavy atom. The van der Waals surface area contributed by atoms with Gasteiger partial charge in [-0.05, 0) is 0 Å². The Morgan fingerprint density at radius 2 is 1.00 bits per heavy atom. The van der Waals surface area contributed by atoms with Crippen LogP contribution in [0.25, 0.3) is 0 Å². The van der Waals surface area contributed by atoms with Gasteiger partial charge in [-0.3, -0.25) is 9.13 Å². The molecule has 9 heteroatoms. The molecule has 0 amide bonds. The van der Waals surface area contributed by atoms with Crippen LogP contribution in [0.4, 0.5) is 0 Å². The van der Waals surface area contributed by atoms with E-state index in [4.69, 9.17) is 19.6 Å². The summed E-state index contributed by atoms with van der Waals surface area (Å²) in [6.45, 7) is 0. The summed E-state index contributed by atoms with van der Waals surface area (Å²) in [6.07, 6.45) is 0. The fourth-order valence-corrected chi connectivity index (χ4v) is 1.56. The molecule has 62 valence electrons. The van der Waals surface area contributed by atoms with Gasteiger partial charge < -0.3 is 19.6 Å². The summed E-state index contributed by atoms with van der Waals surface area (Å²) in [5, 5.41) is 0. The summed E-state index contributed by atoms with van der Waals surface area (Å²) in [6, 6.07) is 0. The minimum absolute atomic E-state index is 0. The molecule has 0 aromatic rings. The van der Waals surface area contributed by atoms with Gasteiger partial charge in [-0.15, -0.1) is 0 Å². The number of hydrogen-bond donors (Lipinski definition) is 4. The predicted octanol–water partition coefficient (Wildman–Crippen LogP) is -0.836. The van der Waals surface area contributed by atoms with Crippen molar-refractivity contribution in [1.82, 2.24) is 0 Å². The summed E-state index contributed by atoms with van der Waals surface area (Å²) < 4.78 is 19.9. The fraction of sp³-hybridized carbons (Fsp3) is 0. The van der Waals surface area contributed by atoms with Crippen LogP contribution in [0.1, 0.15) is 0 Å².